The highest BCUT2D eigenvalue weighted by Crippen LogP contribution is 2.33. The predicted molar refractivity (Wildman–Crippen MR) is 64.8 cm³/mol. The van der Waals surface area contributed by atoms with Crippen molar-refractivity contribution < 1.29 is 31.5 Å². The highest BCUT2D eigenvalue weighted by molar-refractivity contribution is 7.89. The van der Waals surface area contributed by atoms with E-state index in [1.807, 2.05) is 0 Å². The van der Waals surface area contributed by atoms with E-state index in [2.05, 4.69) is 11.7 Å². The molecule has 0 saturated carbocycles. The molecule has 0 aliphatic carbocycles. The van der Waals surface area contributed by atoms with Crippen molar-refractivity contribution >= 4 is 16.0 Å². The van der Waals surface area contributed by atoms with E-state index < -0.39 is 45.8 Å². The summed E-state index contributed by atoms with van der Waals surface area (Å²) in [5, 5.41) is 11.8. The molecular formula is C10H12F3N3O4S. The lowest BCUT2D eigenvalue weighted by Gasteiger charge is -2.18. The quantitative estimate of drug-likeness (QED) is 0.777. The Kier molecular flexibility index (Phi) is 4.79. The van der Waals surface area contributed by atoms with Gasteiger partial charge in [0.15, 0.2) is 5.69 Å². The summed E-state index contributed by atoms with van der Waals surface area (Å²) in [7, 11) is -3.55. The third-order valence-electron chi connectivity index (χ3n) is 2.33. The number of aromatic nitrogens is 2. The molecule has 0 amide bonds. The summed E-state index contributed by atoms with van der Waals surface area (Å²) in [5.41, 5.74) is -1.59. The number of carbonyl (C=O) groups is 1. The zero-order valence-electron chi connectivity index (χ0n) is 10.8. The van der Waals surface area contributed by atoms with E-state index in [9.17, 15) is 26.4 Å². The van der Waals surface area contributed by atoms with Crippen LogP contribution in [-0.2, 0) is 28.0 Å². The second-order valence-electron chi connectivity index (χ2n) is 3.99. The minimum Gasteiger partial charge on any atom is -0.480 e. The van der Waals surface area contributed by atoms with E-state index in [4.69, 9.17) is 5.11 Å². The first-order valence-electron chi connectivity index (χ1n) is 5.43. The number of aliphatic carboxylic acids is 1. The van der Waals surface area contributed by atoms with Crippen LogP contribution < -0.4 is 0 Å². The van der Waals surface area contributed by atoms with E-state index >= 15 is 0 Å². The number of alkyl halides is 3. The van der Waals surface area contributed by atoms with Gasteiger partial charge in [-0.05, 0) is 0 Å². The summed E-state index contributed by atoms with van der Waals surface area (Å²) < 4.78 is 63.9. The number of hydrogen-bond donors (Lipinski definition) is 1. The van der Waals surface area contributed by atoms with Gasteiger partial charge in [0.1, 0.15) is 11.4 Å². The topological polar surface area (TPSA) is 92.5 Å². The molecule has 0 bridgehead atoms. The summed E-state index contributed by atoms with van der Waals surface area (Å²) in [4.78, 5) is 9.57. The van der Waals surface area contributed by atoms with Crippen molar-refractivity contribution in [1.82, 2.24) is 14.1 Å². The summed E-state index contributed by atoms with van der Waals surface area (Å²) in [6.07, 6.45) is -3.23. The smallest absolute Gasteiger partial charge is 0.436 e. The molecule has 0 radical (unpaired) electrons. The fourth-order valence-corrected chi connectivity index (χ4v) is 3.08. The van der Waals surface area contributed by atoms with Gasteiger partial charge >= 0.3 is 12.1 Å². The normalized spacial score (nSPS) is 12.6. The summed E-state index contributed by atoms with van der Waals surface area (Å²) in [6, 6.07) is 0. The first-order valence-corrected chi connectivity index (χ1v) is 6.87. The second kappa shape index (κ2) is 5.85. The Morgan fingerprint density at radius 2 is 2.14 bits per heavy atom. The fraction of sp³-hybridized carbons (Fsp3) is 0.400. The highest BCUT2D eigenvalue weighted by atomic mass is 32.2. The number of carboxylic acids is 1. The van der Waals surface area contributed by atoms with Gasteiger partial charge in [-0.25, -0.2) is 8.42 Å². The Morgan fingerprint density at radius 1 is 1.57 bits per heavy atom. The molecular weight excluding hydrogens is 315 g/mol. The molecule has 0 spiro atoms. The van der Waals surface area contributed by atoms with Crippen molar-refractivity contribution in [2.24, 2.45) is 7.05 Å². The standard InChI is InChI=1S/C10H12F3N3O4S/c1-3-4-16(6-8(17)18)21(19,20)7-5-15(2)14-9(7)10(11,12)13/h3,5H,1,4,6H2,2H3,(H,17,18). The van der Waals surface area contributed by atoms with Crippen molar-refractivity contribution in [1.29, 1.82) is 0 Å². The van der Waals surface area contributed by atoms with Crippen LogP contribution in [-0.4, -0.2) is 46.7 Å². The number of nitrogens with zero attached hydrogens (tertiary/aromatic N) is 3. The average molecular weight is 327 g/mol. The van der Waals surface area contributed by atoms with Crippen LogP contribution in [0, 0.1) is 0 Å². The van der Waals surface area contributed by atoms with Crippen LogP contribution >= 0.6 is 0 Å². The maximum absolute atomic E-state index is 12.8. The molecule has 7 nitrogen and oxygen atoms in total. The molecule has 0 fully saturated rings. The molecule has 0 saturated heterocycles. The van der Waals surface area contributed by atoms with E-state index in [0.29, 0.717) is 15.2 Å². The second-order valence-corrected chi connectivity index (χ2v) is 5.90. The Morgan fingerprint density at radius 3 is 2.57 bits per heavy atom. The van der Waals surface area contributed by atoms with Crippen molar-refractivity contribution in [3.05, 3.63) is 24.5 Å². The van der Waals surface area contributed by atoms with Gasteiger partial charge in [0.2, 0.25) is 10.0 Å². The first kappa shape index (κ1) is 17.2. The molecule has 1 heterocycles. The molecule has 11 heteroatoms. The Labute approximate surface area is 118 Å². The number of halogens is 3. The van der Waals surface area contributed by atoms with Gasteiger partial charge in [0.05, 0.1) is 0 Å². The van der Waals surface area contributed by atoms with Gasteiger partial charge in [-0.1, -0.05) is 6.08 Å². The number of aryl methyl sites for hydroxylation is 1. The maximum atomic E-state index is 12.8. The first-order chi connectivity index (χ1) is 9.50. The lowest BCUT2D eigenvalue weighted by Crippen LogP contribution is -2.36. The van der Waals surface area contributed by atoms with Gasteiger partial charge in [0.25, 0.3) is 0 Å². The van der Waals surface area contributed by atoms with E-state index in [1.165, 1.54) is 0 Å². The van der Waals surface area contributed by atoms with Crippen molar-refractivity contribution in [3.63, 3.8) is 0 Å². The number of rotatable bonds is 6. The molecule has 0 aromatic carbocycles. The molecule has 0 aliphatic rings. The molecule has 0 unspecified atom stereocenters. The predicted octanol–water partition coefficient (Wildman–Crippen LogP) is 0.700. The monoisotopic (exact) mass is 327 g/mol. The zero-order valence-corrected chi connectivity index (χ0v) is 11.6. The lowest BCUT2D eigenvalue weighted by molar-refractivity contribution is -0.143. The highest BCUT2D eigenvalue weighted by Gasteiger charge is 2.42. The number of sulfonamides is 1. The van der Waals surface area contributed by atoms with Crippen LogP contribution in [0.4, 0.5) is 13.2 Å². The summed E-state index contributed by atoms with van der Waals surface area (Å²) in [5.74, 6) is -1.50. The molecule has 1 aromatic rings. The summed E-state index contributed by atoms with van der Waals surface area (Å²) >= 11 is 0. The minimum absolute atomic E-state index is 0.370. The molecule has 21 heavy (non-hydrogen) atoms. The van der Waals surface area contributed by atoms with Crippen LogP contribution in [0.2, 0.25) is 0 Å². The van der Waals surface area contributed by atoms with E-state index in [-0.39, 0.29) is 0 Å². The van der Waals surface area contributed by atoms with Crippen LogP contribution in [0.25, 0.3) is 0 Å². The molecule has 0 aliphatic heterocycles. The van der Waals surface area contributed by atoms with Crippen molar-refractivity contribution in [3.8, 4) is 0 Å². The van der Waals surface area contributed by atoms with Gasteiger partial charge in [-0.15, -0.1) is 6.58 Å². The van der Waals surface area contributed by atoms with Gasteiger partial charge in [0, 0.05) is 19.8 Å². The molecule has 1 N–H and O–H groups in total. The van der Waals surface area contributed by atoms with Crippen LogP contribution in [0.5, 0.6) is 0 Å². The largest absolute Gasteiger partial charge is 0.480 e. The number of hydrogen-bond acceptors (Lipinski definition) is 4. The zero-order chi connectivity index (χ0) is 16.4. The number of carboxylic acid groups (broad SMARTS) is 1. The van der Waals surface area contributed by atoms with Crippen molar-refractivity contribution in [2.45, 2.75) is 11.1 Å². The van der Waals surface area contributed by atoms with Crippen LogP contribution in [0.15, 0.2) is 23.7 Å². The van der Waals surface area contributed by atoms with Gasteiger partial charge in [-0.2, -0.15) is 22.6 Å². The minimum atomic E-state index is -4.98. The Hall–Kier alpha value is -1.88. The van der Waals surface area contributed by atoms with Crippen LogP contribution in [0.3, 0.4) is 0 Å². The van der Waals surface area contributed by atoms with Crippen LogP contribution in [0.1, 0.15) is 5.69 Å². The molecule has 1 rings (SSSR count). The SMILES string of the molecule is C=CCN(CC(=O)O)S(=O)(=O)c1cn(C)nc1C(F)(F)F. The molecule has 0 atom stereocenters. The third kappa shape index (κ3) is 3.82. The van der Waals surface area contributed by atoms with E-state index in [1.54, 1.807) is 0 Å². The maximum Gasteiger partial charge on any atom is 0.436 e. The fourth-order valence-electron chi connectivity index (χ4n) is 1.53. The van der Waals surface area contributed by atoms with Gasteiger partial charge < -0.3 is 5.11 Å². The van der Waals surface area contributed by atoms with Crippen molar-refractivity contribution in [2.75, 3.05) is 13.1 Å². The van der Waals surface area contributed by atoms with Gasteiger partial charge in [-0.3, -0.25) is 9.48 Å². The average Bonchev–Trinajstić information content (AvgIpc) is 2.70. The van der Waals surface area contributed by atoms with E-state index in [0.717, 1.165) is 13.1 Å². The lowest BCUT2D eigenvalue weighted by atomic mass is 10.4. The molecule has 1 aromatic heterocycles. The summed E-state index contributed by atoms with van der Waals surface area (Å²) in [6.45, 7) is 1.82. The molecule has 118 valence electrons. The third-order valence-corrected chi connectivity index (χ3v) is 4.14. The Balaban J connectivity index is 3.41. The Bertz CT molecular complexity index is 651.